The number of nitrogens with zero attached hydrogens (tertiary/aromatic N) is 1. The number of alkyl halides is 2. The fraction of sp³-hybridized carbons (Fsp3) is 0.200. The van der Waals surface area contributed by atoms with Crippen LogP contribution in [-0.2, 0) is 4.79 Å². The lowest BCUT2D eigenvalue weighted by Gasteiger charge is -2.24. The van der Waals surface area contributed by atoms with Crippen LogP contribution in [0.1, 0.15) is 15.9 Å². The fourth-order valence-electron chi connectivity index (χ4n) is 2.46. The van der Waals surface area contributed by atoms with Gasteiger partial charge in [-0.05, 0) is 35.9 Å². The van der Waals surface area contributed by atoms with Crippen LogP contribution in [0.3, 0.4) is 0 Å². The lowest BCUT2D eigenvalue weighted by molar-refractivity contribution is -0.131. The number of carboxylic acid groups (broad SMARTS) is 1. The highest BCUT2D eigenvalue weighted by molar-refractivity contribution is 6.18. The monoisotopic (exact) mass is 421 g/mol. The molecule has 0 saturated carbocycles. The lowest BCUT2D eigenvalue weighted by atomic mass is 10.1. The Hall–Kier alpha value is -2.54. The van der Waals surface area contributed by atoms with Crippen LogP contribution in [-0.4, -0.2) is 41.8 Å². The Labute approximate surface area is 173 Å². The van der Waals surface area contributed by atoms with Crippen LogP contribution >= 0.6 is 23.2 Å². The van der Waals surface area contributed by atoms with Crippen molar-refractivity contribution in [2.75, 3.05) is 35.2 Å². The molecule has 0 saturated heterocycles. The number of para-hydroxylation sites is 1. The summed E-state index contributed by atoms with van der Waals surface area (Å²) < 4.78 is 0. The van der Waals surface area contributed by atoms with Crippen molar-refractivity contribution in [3.8, 4) is 0 Å². The normalized spacial score (nSPS) is 10.8. The van der Waals surface area contributed by atoms with E-state index in [1.54, 1.807) is 36.4 Å². The van der Waals surface area contributed by atoms with Crippen LogP contribution in [0, 0.1) is 0 Å². The molecule has 0 spiro atoms. The van der Waals surface area contributed by atoms with E-state index in [9.17, 15) is 9.59 Å². The Morgan fingerprint density at radius 1 is 1.00 bits per heavy atom. The number of carbonyl (C=O) groups is 2. The average molecular weight is 422 g/mol. The van der Waals surface area contributed by atoms with E-state index < -0.39 is 5.97 Å². The maximum absolute atomic E-state index is 13.2. The Bertz CT molecular complexity index is 826. The lowest BCUT2D eigenvalue weighted by Crippen LogP contribution is -2.44. The van der Waals surface area contributed by atoms with Gasteiger partial charge in [0.15, 0.2) is 0 Å². The van der Waals surface area contributed by atoms with Crippen molar-refractivity contribution in [2.45, 2.75) is 0 Å². The summed E-state index contributed by atoms with van der Waals surface area (Å²) in [6, 6.07) is 14.1. The van der Waals surface area contributed by atoms with E-state index in [1.165, 1.54) is 11.1 Å². The van der Waals surface area contributed by atoms with Gasteiger partial charge in [-0.25, -0.2) is 15.2 Å². The van der Waals surface area contributed by atoms with Crippen molar-refractivity contribution in [2.24, 2.45) is 0 Å². The van der Waals surface area contributed by atoms with E-state index in [1.807, 2.05) is 12.1 Å². The quantitative estimate of drug-likeness (QED) is 0.308. The molecule has 6 nitrogen and oxygen atoms in total. The SMILES string of the molecule is O=C(O)C=Cc1ccc(N(NCCCl)C(=O)c2ccccc2NCCCl)cc1. The molecular formula is C20H21Cl2N3O3. The second kappa shape index (κ2) is 11.3. The summed E-state index contributed by atoms with van der Waals surface area (Å²) in [6.07, 6.45) is 2.54. The molecule has 0 aliphatic carbocycles. The fourth-order valence-corrected chi connectivity index (χ4v) is 2.64. The molecule has 0 bridgehead atoms. The number of aliphatic carboxylic acids is 1. The first-order valence-corrected chi connectivity index (χ1v) is 9.67. The number of anilines is 2. The highest BCUT2D eigenvalue weighted by Crippen LogP contribution is 2.21. The molecule has 28 heavy (non-hydrogen) atoms. The first-order valence-electron chi connectivity index (χ1n) is 8.60. The minimum Gasteiger partial charge on any atom is -0.478 e. The molecule has 2 rings (SSSR count). The molecule has 2 aromatic carbocycles. The number of amides is 1. The van der Waals surface area contributed by atoms with E-state index in [-0.39, 0.29) is 5.91 Å². The van der Waals surface area contributed by atoms with Crippen molar-refractivity contribution in [1.82, 2.24) is 5.43 Å². The summed E-state index contributed by atoms with van der Waals surface area (Å²) >= 11 is 11.5. The van der Waals surface area contributed by atoms with E-state index in [2.05, 4.69) is 10.7 Å². The van der Waals surface area contributed by atoms with Gasteiger partial charge in [-0.1, -0.05) is 24.3 Å². The maximum Gasteiger partial charge on any atom is 0.328 e. The molecule has 148 valence electrons. The molecule has 0 aliphatic rings. The molecule has 0 heterocycles. The number of benzene rings is 2. The topological polar surface area (TPSA) is 81.7 Å². The third-order valence-corrected chi connectivity index (χ3v) is 4.08. The number of carbonyl (C=O) groups excluding carboxylic acids is 1. The number of carboxylic acids is 1. The molecule has 0 unspecified atom stereocenters. The number of nitrogens with one attached hydrogen (secondary N) is 2. The van der Waals surface area contributed by atoms with Gasteiger partial charge in [0.25, 0.3) is 5.91 Å². The predicted octanol–water partition coefficient (Wildman–Crippen LogP) is 3.83. The van der Waals surface area contributed by atoms with Gasteiger partial charge in [-0.2, -0.15) is 0 Å². The highest BCUT2D eigenvalue weighted by atomic mass is 35.5. The zero-order valence-corrected chi connectivity index (χ0v) is 16.6. The van der Waals surface area contributed by atoms with Gasteiger partial charge in [0.05, 0.1) is 11.3 Å². The molecular weight excluding hydrogens is 401 g/mol. The zero-order chi connectivity index (χ0) is 20.4. The predicted molar refractivity (Wildman–Crippen MR) is 114 cm³/mol. The third-order valence-electron chi connectivity index (χ3n) is 3.70. The second-order valence-corrected chi connectivity index (χ2v) is 6.42. The highest BCUT2D eigenvalue weighted by Gasteiger charge is 2.20. The van der Waals surface area contributed by atoms with Crippen molar-refractivity contribution < 1.29 is 14.7 Å². The van der Waals surface area contributed by atoms with Crippen molar-refractivity contribution in [3.05, 3.63) is 65.7 Å². The molecule has 0 radical (unpaired) electrons. The van der Waals surface area contributed by atoms with Crippen LogP contribution in [0.15, 0.2) is 54.6 Å². The molecule has 3 N–H and O–H groups in total. The van der Waals surface area contributed by atoms with Crippen LogP contribution < -0.4 is 15.8 Å². The molecule has 0 atom stereocenters. The van der Waals surface area contributed by atoms with Gasteiger partial charge in [0, 0.05) is 36.6 Å². The third kappa shape index (κ3) is 6.27. The summed E-state index contributed by atoms with van der Waals surface area (Å²) in [5.74, 6) is -0.528. The van der Waals surface area contributed by atoms with Gasteiger partial charge in [-0.3, -0.25) is 4.79 Å². The van der Waals surface area contributed by atoms with Crippen LogP contribution in [0.4, 0.5) is 11.4 Å². The summed E-state index contributed by atoms with van der Waals surface area (Å²) in [7, 11) is 0. The van der Waals surface area contributed by atoms with Gasteiger partial charge >= 0.3 is 5.97 Å². The zero-order valence-electron chi connectivity index (χ0n) is 15.1. The smallest absolute Gasteiger partial charge is 0.328 e. The second-order valence-electron chi connectivity index (χ2n) is 5.66. The molecule has 0 aromatic heterocycles. The van der Waals surface area contributed by atoms with Crippen molar-refractivity contribution in [3.63, 3.8) is 0 Å². The van der Waals surface area contributed by atoms with E-state index in [4.69, 9.17) is 28.3 Å². The average Bonchev–Trinajstić information content (AvgIpc) is 2.71. The molecule has 0 fully saturated rings. The minimum atomic E-state index is -1.02. The van der Waals surface area contributed by atoms with Crippen LogP contribution in [0.5, 0.6) is 0 Å². The summed E-state index contributed by atoms with van der Waals surface area (Å²) in [6.45, 7) is 0.927. The largest absolute Gasteiger partial charge is 0.478 e. The minimum absolute atomic E-state index is 0.253. The van der Waals surface area contributed by atoms with Gasteiger partial charge in [0.2, 0.25) is 0 Å². The van der Waals surface area contributed by atoms with Gasteiger partial charge in [-0.15, -0.1) is 23.2 Å². The first kappa shape index (κ1) is 21.8. The number of halogens is 2. The first-order chi connectivity index (χ1) is 13.6. The Morgan fingerprint density at radius 2 is 1.68 bits per heavy atom. The van der Waals surface area contributed by atoms with Crippen LogP contribution in [0.25, 0.3) is 6.08 Å². The Morgan fingerprint density at radius 3 is 2.32 bits per heavy atom. The van der Waals surface area contributed by atoms with Crippen molar-refractivity contribution >= 4 is 52.5 Å². The van der Waals surface area contributed by atoms with Crippen molar-refractivity contribution in [1.29, 1.82) is 0 Å². The summed E-state index contributed by atoms with van der Waals surface area (Å²) in [5.41, 5.74) is 5.51. The summed E-state index contributed by atoms with van der Waals surface area (Å²) in [4.78, 5) is 23.8. The van der Waals surface area contributed by atoms with Crippen LogP contribution in [0.2, 0.25) is 0 Å². The van der Waals surface area contributed by atoms with E-state index in [0.29, 0.717) is 47.4 Å². The molecule has 0 aliphatic heterocycles. The summed E-state index contributed by atoms with van der Waals surface area (Å²) in [5, 5.41) is 13.3. The molecule has 2 aromatic rings. The number of rotatable bonds is 10. The maximum atomic E-state index is 13.2. The van der Waals surface area contributed by atoms with Gasteiger partial charge < -0.3 is 10.4 Å². The van der Waals surface area contributed by atoms with Gasteiger partial charge in [0.1, 0.15) is 0 Å². The number of hydrogen-bond acceptors (Lipinski definition) is 4. The Balaban J connectivity index is 2.30. The molecule has 8 heteroatoms. The van der Waals surface area contributed by atoms with E-state index >= 15 is 0 Å². The standard InChI is InChI=1S/C20H21Cl2N3O3/c21-11-13-23-18-4-2-1-3-17(18)20(28)25(24-14-12-22)16-8-5-15(6-9-16)7-10-19(26)27/h1-10,23-24H,11-14H2,(H,26,27). The number of hydrazine groups is 1. The Kier molecular flexibility index (Phi) is 8.81. The van der Waals surface area contributed by atoms with E-state index in [0.717, 1.165) is 6.08 Å². The number of hydrogen-bond donors (Lipinski definition) is 3. The molecule has 1 amide bonds.